The zero-order chi connectivity index (χ0) is 17.9. The Kier molecular flexibility index (Phi) is 4.39. The molecule has 2 aromatic carbocycles. The first-order valence-electron chi connectivity index (χ1n) is 8.68. The van der Waals surface area contributed by atoms with E-state index in [0.717, 1.165) is 30.7 Å². The Morgan fingerprint density at radius 2 is 2.04 bits per heavy atom. The maximum atomic E-state index is 12.8. The Morgan fingerprint density at radius 1 is 1.23 bits per heavy atom. The van der Waals surface area contributed by atoms with E-state index in [0.29, 0.717) is 17.1 Å². The number of amidine groups is 1. The predicted octanol–water partition coefficient (Wildman–Crippen LogP) is 2.97. The van der Waals surface area contributed by atoms with Crippen LogP contribution in [-0.4, -0.2) is 42.6 Å². The van der Waals surface area contributed by atoms with E-state index in [9.17, 15) is 4.79 Å². The van der Waals surface area contributed by atoms with Crippen LogP contribution in [0, 0.1) is 0 Å². The summed E-state index contributed by atoms with van der Waals surface area (Å²) in [6, 6.07) is 15.0. The van der Waals surface area contributed by atoms with Crippen LogP contribution in [0.2, 0.25) is 0 Å². The van der Waals surface area contributed by atoms with E-state index >= 15 is 0 Å². The molecule has 0 saturated carbocycles. The third-order valence-electron chi connectivity index (χ3n) is 4.71. The number of carbonyl (C=O) groups excluding carboxylic acids is 1. The van der Waals surface area contributed by atoms with Crippen molar-refractivity contribution >= 4 is 23.6 Å². The number of amides is 1. The molecule has 6 nitrogen and oxygen atoms in total. The number of hydrogen-bond acceptors (Lipinski definition) is 5. The highest BCUT2D eigenvalue weighted by Crippen LogP contribution is 2.30. The van der Waals surface area contributed by atoms with Crippen molar-refractivity contribution in [1.82, 2.24) is 10.3 Å². The van der Waals surface area contributed by atoms with Gasteiger partial charge in [0.15, 0.2) is 0 Å². The molecule has 0 bridgehead atoms. The molecule has 1 amide bonds. The van der Waals surface area contributed by atoms with Crippen LogP contribution in [0.15, 0.2) is 58.6 Å². The van der Waals surface area contributed by atoms with Crippen LogP contribution in [0.25, 0.3) is 0 Å². The lowest BCUT2D eigenvalue weighted by Crippen LogP contribution is -2.43. The molecule has 2 aromatic rings. The molecule has 0 aliphatic carbocycles. The topological polar surface area (TPSA) is 66.3 Å². The second-order valence-corrected chi connectivity index (χ2v) is 6.31. The Hall–Kier alpha value is -3.15. The molecule has 0 radical (unpaired) electrons. The van der Waals surface area contributed by atoms with Gasteiger partial charge in [-0.2, -0.15) is 5.10 Å². The molecule has 6 heteroatoms. The van der Waals surface area contributed by atoms with Crippen molar-refractivity contribution in [1.29, 1.82) is 0 Å². The standard InChI is InChI=1S/C20H20N4O2/c1-26-15-10-8-14(9-11-15)13-21-23-19-18-7-4-12-24(18)20(25)16-5-2-3-6-17(16)22-19/h2-3,5-6,8-11,13,18H,4,7,12H2,1H3,(H,22,23)/b21-13+/t18-/m0/s1. The number of ether oxygens (including phenoxy) is 1. The van der Waals surface area contributed by atoms with E-state index in [-0.39, 0.29) is 11.9 Å². The molecule has 4 rings (SSSR count). The minimum Gasteiger partial charge on any atom is -0.497 e. The lowest BCUT2D eigenvalue weighted by Gasteiger charge is -2.23. The van der Waals surface area contributed by atoms with E-state index < -0.39 is 0 Å². The molecule has 2 aliphatic rings. The number of methoxy groups -OCH3 is 1. The zero-order valence-corrected chi connectivity index (χ0v) is 14.6. The van der Waals surface area contributed by atoms with Gasteiger partial charge in [0.2, 0.25) is 0 Å². The van der Waals surface area contributed by atoms with E-state index in [1.807, 2.05) is 53.4 Å². The Balaban J connectivity index is 1.58. The summed E-state index contributed by atoms with van der Waals surface area (Å²) < 4.78 is 5.16. The summed E-state index contributed by atoms with van der Waals surface area (Å²) in [6.45, 7) is 0.751. The van der Waals surface area contributed by atoms with Gasteiger partial charge >= 0.3 is 0 Å². The van der Waals surface area contributed by atoms with Crippen LogP contribution in [0.3, 0.4) is 0 Å². The van der Waals surface area contributed by atoms with E-state index in [1.165, 1.54) is 0 Å². The minimum atomic E-state index is -0.0529. The van der Waals surface area contributed by atoms with Gasteiger partial charge in [0.05, 0.1) is 30.6 Å². The quantitative estimate of drug-likeness (QED) is 0.685. The first-order valence-corrected chi connectivity index (χ1v) is 8.68. The third-order valence-corrected chi connectivity index (χ3v) is 4.71. The van der Waals surface area contributed by atoms with Crippen molar-refractivity contribution in [3.63, 3.8) is 0 Å². The molecule has 0 spiro atoms. The number of hydrazone groups is 1. The van der Waals surface area contributed by atoms with Gasteiger partial charge in [0.1, 0.15) is 11.6 Å². The van der Waals surface area contributed by atoms with Crippen molar-refractivity contribution in [3.05, 3.63) is 59.7 Å². The summed E-state index contributed by atoms with van der Waals surface area (Å²) in [7, 11) is 1.64. The molecule has 0 unspecified atom stereocenters. The number of para-hydroxylation sites is 1. The molecular formula is C20H20N4O2. The molecule has 2 aliphatic heterocycles. The normalized spacial score (nSPS) is 19.0. The van der Waals surface area contributed by atoms with E-state index in [1.54, 1.807) is 13.3 Å². The molecule has 26 heavy (non-hydrogen) atoms. The number of nitrogens with zero attached hydrogens (tertiary/aromatic N) is 3. The molecule has 2 heterocycles. The number of hydrogen-bond donors (Lipinski definition) is 1. The highest BCUT2D eigenvalue weighted by Gasteiger charge is 2.36. The number of rotatable bonds is 3. The van der Waals surface area contributed by atoms with Crippen LogP contribution in [-0.2, 0) is 0 Å². The lowest BCUT2D eigenvalue weighted by atomic mass is 10.1. The van der Waals surface area contributed by atoms with Crippen LogP contribution < -0.4 is 10.2 Å². The van der Waals surface area contributed by atoms with Crippen LogP contribution in [0.1, 0.15) is 28.8 Å². The smallest absolute Gasteiger partial charge is 0.256 e. The van der Waals surface area contributed by atoms with Crippen molar-refractivity contribution in [2.24, 2.45) is 10.1 Å². The first-order chi connectivity index (χ1) is 12.8. The van der Waals surface area contributed by atoms with Crippen LogP contribution in [0.4, 0.5) is 5.69 Å². The molecule has 132 valence electrons. The van der Waals surface area contributed by atoms with Gasteiger partial charge in [-0.05, 0) is 54.8 Å². The summed E-state index contributed by atoms with van der Waals surface area (Å²) in [5.74, 6) is 1.56. The first kappa shape index (κ1) is 16.3. The Morgan fingerprint density at radius 3 is 2.85 bits per heavy atom. The van der Waals surface area contributed by atoms with Gasteiger partial charge in [0.25, 0.3) is 5.91 Å². The number of nitrogens with one attached hydrogen (secondary N) is 1. The largest absolute Gasteiger partial charge is 0.497 e. The minimum absolute atomic E-state index is 0.0442. The highest BCUT2D eigenvalue weighted by molar-refractivity contribution is 6.06. The van der Waals surface area contributed by atoms with Crippen molar-refractivity contribution in [3.8, 4) is 5.75 Å². The average Bonchev–Trinajstić information content (AvgIpc) is 3.13. The second-order valence-electron chi connectivity index (χ2n) is 6.31. The SMILES string of the molecule is COc1ccc(/C=N/NC2=Nc3ccccc3C(=O)N3CCC[C@@H]23)cc1. The fourth-order valence-electron chi connectivity index (χ4n) is 3.37. The van der Waals surface area contributed by atoms with Crippen molar-refractivity contribution in [2.45, 2.75) is 18.9 Å². The van der Waals surface area contributed by atoms with Crippen LogP contribution in [0.5, 0.6) is 5.75 Å². The predicted molar refractivity (Wildman–Crippen MR) is 101 cm³/mol. The van der Waals surface area contributed by atoms with Gasteiger partial charge in [-0.1, -0.05) is 12.1 Å². The number of benzene rings is 2. The summed E-state index contributed by atoms with van der Waals surface area (Å²) >= 11 is 0. The summed E-state index contributed by atoms with van der Waals surface area (Å²) in [5, 5.41) is 4.34. The fraction of sp³-hybridized carbons (Fsp3) is 0.250. The second kappa shape index (κ2) is 7.00. The number of fused-ring (bicyclic) bond motifs is 2. The maximum absolute atomic E-state index is 12.8. The Bertz CT molecular complexity index is 874. The van der Waals surface area contributed by atoms with Gasteiger partial charge in [0, 0.05) is 6.54 Å². The summed E-state index contributed by atoms with van der Waals surface area (Å²) in [6.07, 6.45) is 3.60. The van der Waals surface area contributed by atoms with Crippen LogP contribution >= 0.6 is 0 Å². The maximum Gasteiger partial charge on any atom is 0.256 e. The van der Waals surface area contributed by atoms with Gasteiger partial charge in [-0.3, -0.25) is 10.2 Å². The summed E-state index contributed by atoms with van der Waals surface area (Å²) in [4.78, 5) is 19.4. The monoisotopic (exact) mass is 348 g/mol. The highest BCUT2D eigenvalue weighted by atomic mass is 16.5. The number of carbonyl (C=O) groups is 1. The molecule has 1 atom stereocenters. The third kappa shape index (κ3) is 3.06. The van der Waals surface area contributed by atoms with Crippen molar-refractivity contribution in [2.75, 3.05) is 13.7 Å². The fourth-order valence-corrected chi connectivity index (χ4v) is 3.37. The molecular weight excluding hydrogens is 328 g/mol. The molecule has 1 fully saturated rings. The molecule has 0 aromatic heterocycles. The number of aliphatic imine (C=N–C) groups is 1. The van der Waals surface area contributed by atoms with Gasteiger partial charge < -0.3 is 9.64 Å². The zero-order valence-electron chi connectivity index (χ0n) is 14.6. The van der Waals surface area contributed by atoms with Crippen molar-refractivity contribution < 1.29 is 9.53 Å². The van der Waals surface area contributed by atoms with Gasteiger partial charge in [-0.15, -0.1) is 0 Å². The average molecular weight is 348 g/mol. The molecule has 1 saturated heterocycles. The summed E-state index contributed by atoms with van der Waals surface area (Å²) in [5.41, 5.74) is 5.35. The Labute approximate surface area is 152 Å². The molecule has 1 N–H and O–H groups in total. The van der Waals surface area contributed by atoms with E-state index in [2.05, 4.69) is 10.5 Å². The lowest BCUT2D eigenvalue weighted by molar-refractivity contribution is 0.0771. The van der Waals surface area contributed by atoms with Gasteiger partial charge in [-0.25, -0.2) is 4.99 Å². The van der Waals surface area contributed by atoms with E-state index in [4.69, 9.17) is 9.73 Å².